The largest absolute Gasteiger partial charge is 0.368 e. The van der Waals surface area contributed by atoms with Gasteiger partial charge in [0.1, 0.15) is 0 Å². The van der Waals surface area contributed by atoms with Gasteiger partial charge >= 0.3 is 0 Å². The zero-order chi connectivity index (χ0) is 18.6. The summed E-state index contributed by atoms with van der Waals surface area (Å²) in [6, 6.07) is 7.91. The van der Waals surface area contributed by atoms with E-state index in [0.717, 1.165) is 49.3 Å². The average Bonchev–Trinajstić information content (AvgIpc) is 2.97. The van der Waals surface area contributed by atoms with Gasteiger partial charge < -0.3 is 15.1 Å². The van der Waals surface area contributed by atoms with E-state index in [9.17, 15) is 8.42 Å². The van der Waals surface area contributed by atoms with E-state index in [1.54, 1.807) is 11.4 Å². The average molecular weight is 528 g/mol. The minimum Gasteiger partial charge on any atom is -0.368 e. The summed E-state index contributed by atoms with van der Waals surface area (Å²) >= 11 is 6.08. The number of sulfonamides is 1. The van der Waals surface area contributed by atoms with Gasteiger partial charge in [-0.15, -0.1) is 24.0 Å². The quantitative estimate of drug-likeness (QED) is 0.367. The fourth-order valence-electron chi connectivity index (χ4n) is 3.42. The number of nitrogens with zero attached hydrogens (tertiary/aromatic N) is 4. The molecule has 1 aromatic rings. The van der Waals surface area contributed by atoms with Gasteiger partial charge in [-0.1, -0.05) is 17.7 Å². The molecule has 7 nitrogen and oxygen atoms in total. The third-order valence-electron chi connectivity index (χ3n) is 4.81. The predicted octanol–water partition coefficient (Wildman–Crippen LogP) is 1.69. The Bertz CT molecular complexity index is 753. The van der Waals surface area contributed by atoms with Gasteiger partial charge in [0.2, 0.25) is 10.0 Å². The predicted molar refractivity (Wildman–Crippen MR) is 122 cm³/mol. The molecule has 2 saturated heterocycles. The number of aliphatic imine (C=N–C) groups is 1. The molecule has 2 heterocycles. The lowest BCUT2D eigenvalue weighted by Gasteiger charge is -2.37. The highest BCUT2D eigenvalue weighted by Gasteiger charge is 2.27. The fourth-order valence-corrected chi connectivity index (χ4v) is 5.13. The first-order valence-corrected chi connectivity index (χ1v) is 10.9. The first-order valence-electron chi connectivity index (χ1n) is 8.93. The number of hydrogen-bond donors (Lipinski definition) is 1. The maximum Gasteiger partial charge on any atom is 0.214 e. The van der Waals surface area contributed by atoms with Crippen molar-refractivity contribution in [1.82, 2.24) is 14.5 Å². The van der Waals surface area contributed by atoms with Crippen LogP contribution in [0.1, 0.15) is 6.42 Å². The van der Waals surface area contributed by atoms with Crippen LogP contribution in [0.25, 0.3) is 0 Å². The van der Waals surface area contributed by atoms with Gasteiger partial charge in [0.05, 0.1) is 5.75 Å². The number of hydrogen-bond acceptors (Lipinski definition) is 4. The number of piperazine rings is 1. The first kappa shape index (κ1) is 22.5. The monoisotopic (exact) mass is 527 g/mol. The molecule has 27 heavy (non-hydrogen) atoms. The van der Waals surface area contributed by atoms with E-state index >= 15 is 0 Å². The van der Waals surface area contributed by atoms with Crippen LogP contribution in [-0.2, 0) is 10.0 Å². The number of rotatable bonds is 4. The minimum absolute atomic E-state index is 0. The van der Waals surface area contributed by atoms with E-state index < -0.39 is 10.0 Å². The molecule has 0 spiro atoms. The summed E-state index contributed by atoms with van der Waals surface area (Å²) < 4.78 is 25.3. The Labute approximate surface area is 183 Å². The second kappa shape index (κ2) is 10.1. The third-order valence-corrected chi connectivity index (χ3v) is 7.00. The molecule has 10 heteroatoms. The molecule has 0 amide bonds. The van der Waals surface area contributed by atoms with Crippen LogP contribution in [-0.4, -0.2) is 82.2 Å². The van der Waals surface area contributed by atoms with Crippen LogP contribution in [0.3, 0.4) is 0 Å². The summed E-state index contributed by atoms with van der Waals surface area (Å²) in [5.74, 6) is 1.10. The van der Waals surface area contributed by atoms with Crippen LogP contribution in [0.2, 0.25) is 5.02 Å². The summed E-state index contributed by atoms with van der Waals surface area (Å²) in [5, 5.41) is 4.05. The van der Waals surface area contributed by atoms with E-state index in [4.69, 9.17) is 11.6 Å². The Balaban J connectivity index is 0.00000261. The highest BCUT2D eigenvalue weighted by Crippen LogP contribution is 2.20. The molecule has 3 rings (SSSR count). The summed E-state index contributed by atoms with van der Waals surface area (Å²) in [4.78, 5) is 8.87. The lowest BCUT2D eigenvalue weighted by molar-refractivity contribution is 0.369. The lowest BCUT2D eigenvalue weighted by atomic mass is 10.2. The van der Waals surface area contributed by atoms with Crippen molar-refractivity contribution in [2.75, 3.05) is 63.5 Å². The SMILES string of the molecule is CN=C(NCCN1CCCS1(=O)=O)N1CCN(c2cccc(Cl)c2)CC1.I. The van der Waals surface area contributed by atoms with Gasteiger partial charge in [-0.2, -0.15) is 0 Å². The van der Waals surface area contributed by atoms with Gasteiger partial charge in [0, 0.05) is 63.6 Å². The molecule has 0 aliphatic carbocycles. The Morgan fingerprint density at radius 2 is 1.96 bits per heavy atom. The van der Waals surface area contributed by atoms with Crippen molar-refractivity contribution < 1.29 is 8.42 Å². The fraction of sp³-hybridized carbons (Fsp3) is 0.588. The molecule has 2 aliphatic heterocycles. The highest BCUT2D eigenvalue weighted by molar-refractivity contribution is 14.0. The Morgan fingerprint density at radius 3 is 2.56 bits per heavy atom. The number of nitrogens with one attached hydrogen (secondary N) is 1. The molecule has 2 aliphatic rings. The van der Waals surface area contributed by atoms with E-state index in [2.05, 4.69) is 26.2 Å². The number of benzene rings is 1. The van der Waals surface area contributed by atoms with Crippen LogP contribution in [0.15, 0.2) is 29.3 Å². The van der Waals surface area contributed by atoms with Crippen molar-refractivity contribution >= 4 is 57.2 Å². The topological polar surface area (TPSA) is 68.2 Å². The Hall–Kier alpha value is -0.780. The number of guanidine groups is 1. The van der Waals surface area contributed by atoms with E-state index in [1.165, 1.54) is 0 Å². The highest BCUT2D eigenvalue weighted by atomic mass is 127. The van der Waals surface area contributed by atoms with Crippen LogP contribution in [0, 0.1) is 0 Å². The van der Waals surface area contributed by atoms with Crippen molar-refractivity contribution in [2.24, 2.45) is 4.99 Å². The maximum absolute atomic E-state index is 11.8. The zero-order valence-corrected chi connectivity index (χ0v) is 19.4. The first-order chi connectivity index (χ1) is 12.5. The van der Waals surface area contributed by atoms with Crippen molar-refractivity contribution in [2.45, 2.75) is 6.42 Å². The smallest absolute Gasteiger partial charge is 0.214 e. The summed E-state index contributed by atoms with van der Waals surface area (Å²) in [5.41, 5.74) is 1.14. The van der Waals surface area contributed by atoms with Gasteiger partial charge in [-0.25, -0.2) is 12.7 Å². The molecule has 0 saturated carbocycles. The van der Waals surface area contributed by atoms with Crippen molar-refractivity contribution in [3.05, 3.63) is 29.3 Å². The molecule has 1 aromatic carbocycles. The van der Waals surface area contributed by atoms with Gasteiger partial charge in [0.15, 0.2) is 5.96 Å². The van der Waals surface area contributed by atoms with Crippen molar-refractivity contribution in [3.63, 3.8) is 0 Å². The molecule has 0 bridgehead atoms. The molecule has 0 atom stereocenters. The molecule has 152 valence electrons. The number of anilines is 1. The van der Waals surface area contributed by atoms with Crippen LogP contribution < -0.4 is 10.2 Å². The molecular formula is C17H27ClIN5O2S. The van der Waals surface area contributed by atoms with Gasteiger partial charge in [0.25, 0.3) is 0 Å². The maximum atomic E-state index is 11.8. The van der Waals surface area contributed by atoms with Crippen LogP contribution in [0.5, 0.6) is 0 Å². The normalized spacial score (nSPS) is 20.4. The molecule has 2 fully saturated rings. The van der Waals surface area contributed by atoms with E-state index in [0.29, 0.717) is 19.6 Å². The molecule has 1 N–H and O–H groups in total. The third kappa shape index (κ3) is 5.85. The minimum atomic E-state index is -3.04. The van der Waals surface area contributed by atoms with Crippen molar-refractivity contribution in [1.29, 1.82) is 0 Å². The van der Waals surface area contributed by atoms with Crippen LogP contribution >= 0.6 is 35.6 Å². The standard InChI is InChI=1S/C17H26ClN5O2S.HI/c1-19-17(20-6-8-23-7-3-13-26(23,24)25)22-11-9-21(10-12-22)16-5-2-4-15(18)14-16;/h2,4-5,14H,3,6-13H2,1H3,(H,19,20);1H. The molecule has 0 radical (unpaired) electrons. The van der Waals surface area contributed by atoms with Crippen molar-refractivity contribution in [3.8, 4) is 0 Å². The second-order valence-electron chi connectivity index (χ2n) is 6.50. The molecule has 0 aromatic heterocycles. The van der Waals surface area contributed by atoms with Gasteiger partial charge in [-0.3, -0.25) is 4.99 Å². The zero-order valence-electron chi connectivity index (χ0n) is 15.5. The number of halogens is 2. The lowest BCUT2D eigenvalue weighted by Crippen LogP contribution is -2.53. The Morgan fingerprint density at radius 1 is 1.22 bits per heavy atom. The van der Waals surface area contributed by atoms with E-state index in [1.807, 2.05) is 18.2 Å². The Kier molecular flexibility index (Phi) is 8.44. The second-order valence-corrected chi connectivity index (χ2v) is 9.02. The summed E-state index contributed by atoms with van der Waals surface area (Å²) in [7, 11) is -1.27. The molecule has 0 unspecified atom stereocenters. The summed E-state index contributed by atoms with van der Waals surface area (Å²) in [6.07, 6.45) is 0.725. The molecular weight excluding hydrogens is 501 g/mol. The van der Waals surface area contributed by atoms with Crippen LogP contribution in [0.4, 0.5) is 5.69 Å². The van der Waals surface area contributed by atoms with Gasteiger partial charge in [-0.05, 0) is 24.6 Å². The summed E-state index contributed by atoms with van der Waals surface area (Å²) in [6.45, 7) is 5.18. The van der Waals surface area contributed by atoms with E-state index in [-0.39, 0.29) is 29.7 Å².